The van der Waals surface area contributed by atoms with E-state index in [2.05, 4.69) is 5.32 Å². The lowest BCUT2D eigenvalue weighted by Crippen LogP contribution is -2.53. The fourth-order valence-corrected chi connectivity index (χ4v) is 6.71. The van der Waals surface area contributed by atoms with Crippen LogP contribution in [0.5, 0.6) is 0 Å². The molecule has 0 fully saturated rings. The van der Waals surface area contributed by atoms with Crippen LogP contribution >= 0.6 is 11.6 Å². The topological polar surface area (TPSA) is 86.8 Å². The summed E-state index contributed by atoms with van der Waals surface area (Å²) in [5, 5.41) is 3.44. The van der Waals surface area contributed by atoms with Crippen LogP contribution < -0.4 is 9.62 Å². The number of anilines is 1. The molecule has 0 unspecified atom stereocenters. The average molecular weight is 646 g/mol. The first kappa shape index (κ1) is 33.7. The van der Waals surface area contributed by atoms with E-state index in [1.54, 1.807) is 48.5 Å². The van der Waals surface area contributed by atoms with Gasteiger partial charge in [0.1, 0.15) is 12.6 Å². The Hall–Kier alpha value is -4.14. The Morgan fingerprint density at radius 2 is 1.44 bits per heavy atom. The van der Waals surface area contributed by atoms with E-state index in [1.165, 1.54) is 17.0 Å². The Balaban J connectivity index is 1.83. The van der Waals surface area contributed by atoms with E-state index in [-0.39, 0.29) is 29.7 Å². The third-order valence-corrected chi connectivity index (χ3v) is 9.85. The number of hydrogen-bond acceptors (Lipinski definition) is 4. The fraction of sp³-hybridized carbons (Fsp3) is 0.278. The number of hydrogen-bond donors (Lipinski definition) is 1. The van der Waals surface area contributed by atoms with Crippen molar-refractivity contribution in [2.75, 3.05) is 17.4 Å². The van der Waals surface area contributed by atoms with Crippen LogP contribution in [0, 0.1) is 19.8 Å². The maximum Gasteiger partial charge on any atom is 0.264 e. The fourth-order valence-electron chi connectivity index (χ4n) is 5.03. The summed E-state index contributed by atoms with van der Waals surface area (Å²) in [6, 6.07) is 29.1. The van der Waals surface area contributed by atoms with Crippen molar-refractivity contribution in [3.8, 4) is 0 Å². The summed E-state index contributed by atoms with van der Waals surface area (Å²) in [4.78, 5) is 30.0. The molecule has 0 heterocycles. The number of aryl methyl sites for hydroxylation is 1. The second-order valence-corrected chi connectivity index (χ2v) is 13.8. The molecular formula is C36H40ClN3O4S. The summed E-state index contributed by atoms with van der Waals surface area (Å²) in [5.41, 5.74) is 3.52. The molecule has 1 atom stereocenters. The van der Waals surface area contributed by atoms with Crippen LogP contribution in [0.1, 0.15) is 36.1 Å². The summed E-state index contributed by atoms with van der Waals surface area (Å²) in [6.07, 6.45) is 0.232. The number of carbonyl (C=O) groups is 2. The molecule has 236 valence electrons. The maximum atomic E-state index is 14.6. The highest BCUT2D eigenvalue weighted by molar-refractivity contribution is 7.92. The van der Waals surface area contributed by atoms with Crippen molar-refractivity contribution < 1.29 is 18.0 Å². The van der Waals surface area contributed by atoms with Gasteiger partial charge in [-0.2, -0.15) is 0 Å². The summed E-state index contributed by atoms with van der Waals surface area (Å²) >= 11 is 6.57. The number of benzene rings is 4. The van der Waals surface area contributed by atoms with E-state index in [1.807, 2.05) is 70.2 Å². The van der Waals surface area contributed by atoms with E-state index in [9.17, 15) is 18.0 Å². The van der Waals surface area contributed by atoms with Crippen LogP contribution in [0.3, 0.4) is 0 Å². The predicted molar refractivity (Wildman–Crippen MR) is 181 cm³/mol. The van der Waals surface area contributed by atoms with Gasteiger partial charge in [0.05, 0.1) is 10.6 Å². The van der Waals surface area contributed by atoms with Crippen LogP contribution in [0.4, 0.5) is 5.69 Å². The van der Waals surface area contributed by atoms with Gasteiger partial charge in [-0.05, 0) is 66.3 Å². The molecule has 0 radical (unpaired) electrons. The molecule has 2 amide bonds. The van der Waals surface area contributed by atoms with Gasteiger partial charge >= 0.3 is 0 Å². The summed E-state index contributed by atoms with van der Waals surface area (Å²) in [6.45, 7) is 7.64. The van der Waals surface area contributed by atoms with Crippen molar-refractivity contribution in [2.24, 2.45) is 5.92 Å². The van der Waals surface area contributed by atoms with Gasteiger partial charge in [0, 0.05) is 24.5 Å². The van der Waals surface area contributed by atoms with Gasteiger partial charge in [-0.3, -0.25) is 13.9 Å². The van der Waals surface area contributed by atoms with Crippen LogP contribution in [0.15, 0.2) is 108 Å². The second kappa shape index (κ2) is 15.2. The number of sulfonamides is 1. The number of halogens is 1. The highest BCUT2D eigenvalue weighted by atomic mass is 35.5. The largest absolute Gasteiger partial charge is 0.354 e. The third kappa shape index (κ3) is 8.53. The molecule has 7 nitrogen and oxygen atoms in total. The predicted octanol–water partition coefficient (Wildman–Crippen LogP) is 6.56. The van der Waals surface area contributed by atoms with Crippen molar-refractivity contribution in [3.05, 3.63) is 130 Å². The van der Waals surface area contributed by atoms with Gasteiger partial charge in [0.15, 0.2) is 0 Å². The molecule has 0 spiro atoms. The lowest BCUT2D eigenvalue weighted by molar-refractivity contribution is -0.140. The first-order valence-electron chi connectivity index (χ1n) is 15.0. The molecule has 4 aromatic rings. The Morgan fingerprint density at radius 3 is 2.09 bits per heavy atom. The SMILES string of the molecule is Cc1cccc(N(CC(=O)N(Cc2ccccc2Cl)[C@@H](Cc2ccccc2)C(=O)NCC(C)C)S(=O)(=O)c2ccccc2)c1C. The zero-order valence-corrected chi connectivity index (χ0v) is 27.7. The first-order chi connectivity index (χ1) is 21.5. The van der Waals surface area contributed by atoms with E-state index < -0.39 is 28.5 Å². The molecule has 0 aliphatic carbocycles. The van der Waals surface area contributed by atoms with Gasteiger partial charge in [0.2, 0.25) is 11.8 Å². The molecule has 4 aromatic carbocycles. The standard InChI is InChI=1S/C36H40ClN3O4S/c1-26(2)23-38-36(42)34(22-29-15-7-5-8-16-29)39(24-30-17-11-12-20-32(30)37)35(41)25-40(33-21-13-14-27(3)28(33)4)45(43,44)31-18-9-6-10-19-31/h5-21,26,34H,22-25H2,1-4H3,(H,38,42)/t34-/m0/s1. The minimum atomic E-state index is -4.17. The van der Waals surface area contributed by atoms with Crippen LogP contribution in [-0.4, -0.2) is 44.3 Å². The maximum absolute atomic E-state index is 14.6. The zero-order valence-electron chi connectivity index (χ0n) is 26.1. The molecule has 0 aromatic heterocycles. The normalized spacial score (nSPS) is 12.0. The van der Waals surface area contributed by atoms with E-state index in [0.717, 1.165) is 21.0 Å². The quantitative estimate of drug-likeness (QED) is 0.178. The molecule has 1 N–H and O–H groups in total. The highest BCUT2D eigenvalue weighted by Crippen LogP contribution is 2.29. The Morgan fingerprint density at radius 1 is 0.822 bits per heavy atom. The third-order valence-electron chi connectivity index (χ3n) is 7.71. The molecule has 4 rings (SSSR count). The Labute approximate surface area is 271 Å². The van der Waals surface area contributed by atoms with Crippen molar-refractivity contribution in [3.63, 3.8) is 0 Å². The van der Waals surface area contributed by atoms with Gasteiger partial charge in [0.25, 0.3) is 10.0 Å². The summed E-state index contributed by atoms with van der Waals surface area (Å²) in [7, 11) is -4.17. The van der Waals surface area contributed by atoms with Crippen molar-refractivity contribution in [1.82, 2.24) is 10.2 Å². The molecule has 0 saturated carbocycles. The van der Waals surface area contributed by atoms with Crippen LogP contribution in [-0.2, 0) is 32.6 Å². The number of rotatable bonds is 13. The summed E-state index contributed by atoms with van der Waals surface area (Å²) < 4.78 is 29.5. The molecule has 0 saturated heterocycles. The lowest BCUT2D eigenvalue weighted by atomic mass is 10.0. The lowest BCUT2D eigenvalue weighted by Gasteiger charge is -2.34. The highest BCUT2D eigenvalue weighted by Gasteiger charge is 2.35. The van der Waals surface area contributed by atoms with E-state index >= 15 is 0 Å². The number of amides is 2. The van der Waals surface area contributed by atoms with Gasteiger partial charge in [-0.25, -0.2) is 8.42 Å². The minimum Gasteiger partial charge on any atom is -0.354 e. The average Bonchev–Trinajstić information content (AvgIpc) is 3.03. The van der Waals surface area contributed by atoms with E-state index in [0.29, 0.717) is 22.8 Å². The minimum absolute atomic E-state index is 0.0110. The summed E-state index contributed by atoms with van der Waals surface area (Å²) in [5.74, 6) is -0.664. The van der Waals surface area contributed by atoms with Crippen LogP contribution in [0.25, 0.3) is 0 Å². The molecule has 0 bridgehead atoms. The monoisotopic (exact) mass is 645 g/mol. The van der Waals surface area contributed by atoms with Gasteiger partial charge < -0.3 is 10.2 Å². The second-order valence-electron chi connectivity index (χ2n) is 11.5. The molecular weight excluding hydrogens is 606 g/mol. The molecule has 45 heavy (non-hydrogen) atoms. The number of carbonyl (C=O) groups excluding carboxylic acids is 2. The molecule has 9 heteroatoms. The Bertz CT molecular complexity index is 1710. The van der Waals surface area contributed by atoms with Crippen LogP contribution in [0.2, 0.25) is 5.02 Å². The number of nitrogens with one attached hydrogen (secondary N) is 1. The first-order valence-corrected chi connectivity index (χ1v) is 16.8. The molecule has 0 aliphatic rings. The Kier molecular flexibility index (Phi) is 11.4. The van der Waals surface area contributed by atoms with Crippen molar-refractivity contribution >= 4 is 39.1 Å². The smallest absolute Gasteiger partial charge is 0.264 e. The number of nitrogens with zero attached hydrogens (tertiary/aromatic N) is 2. The van der Waals surface area contributed by atoms with Gasteiger partial charge in [-0.15, -0.1) is 0 Å². The van der Waals surface area contributed by atoms with E-state index in [4.69, 9.17) is 11.6 Å². The zero-order chi connectivity index (χ0) is 32.6. The van der Waals surface area contributed by atoms with Gasteiger partial charge in [-0.1, -0.05) is 104 Å². The molecule has 0 aliphatic heterocycles. The van der Waals surface area contributed by atoms with Crippen molar-refractivity contribution in [2.45, 2.75) is 51.6 Å². The van der Waals surface area contributed by atoms with Crippen molar-refractivity contribution in [1.29, 1.82) is 0 Å².